The zero-order valence-electron chi connectivity index (χ0n) is 13.1. The molecule has 8 heteroatoms. The van der Waals surface area contributed by atoms with E-state index in [4.69, 9.17) is 9.47 Å². The van der Waals surface area contributed by atoms with Gasteiger partial charge in [0.25, 0.3) is 0 Å². The highest BCUT2D eigenvalue weighted by molar-refractivity contribution is 6.76. The van der Waals surface area contributed by atoms with Crippen LogP contribution in [0.25, 0.3) is 0 Å². The molecular weight excluding hydrogens is 305 g/mol. The number of hydrogen-bond acceptors (Lipinski definition) is 3. The lowest BCUT2D eigenvalue weighted by Crippen LogP contribution is -2.40. The molecule has 0 spiro atoms. The molecule has 0 rings (SSSR count). The van der Waals surface area contributed by atoms with E-state index in [0.29, 0.717) is 6.23 Å². The predicted octanol–water partition coefficient (Wildman–Crippen LogP) is 3.48. The van der Waals surface area contributed by atoms with E-state index in [1.165, 1.54) is 0 Å². The number of rotatable bonds is 7. The minimum atomic E-state index is -4.63. The van der Waals surface area contributed by atoms with Gasteiger partial charge < -0.3 is 9.47 Å². The van der Waals surface area contributed by atoms with Crippen LogP contribution in [0.15, 0.2) is 0 Å². The molecule has 0 amide bonds. The van der Waals surface area contributed by atoms with Crippen molar-refractivity contribution in [3.05, 3.63) is 0 Å². The molecule has 0 aliphatic rings. The average molecular weight is 330 g/mol. The minimum absolute atomic E-state index is 0.0897. The van der Waals surface area contributed by atoms with Gasteiger partial charge in [0.1, 0.15) is 0 Å². The lowest BCUT2D eigenvalue weighted by molar-refractivity contribution is -0.204. The molecule has 0 aromatic heterocycles. The number of hydrogen-bond donors (Lipinski definition) is 0. The first kappa shape index (κ1) is 19.7. The topological polar surface area (TPSA) is 35.5 Å². The second-order valence-electron chi connectivity index (χ2n) is 7.34. The Balaban J connectivity index is 4.54. The Kier molecular flexibility index (Phi) is 6.96. The molecule has 0 saturated heterocycles. The minimum Gasteiger partial charge on any atom is -0.469 e. The molecule has 0 aliphatic carbocycles. The van der Waals surface area contributed by atoms with E-state index in [1.807, 2.05) is 39.3 Å². The summed E-state index contributed by atoms with van der Waals surface area (Å²) in [4.78, 5) is 11.6. The highest BCUT2D eigenvalue weighted by atomic mass is 28.3. The van der Waals surface area contributed by atoms with E-state index in [0.717, 1.165) is 0 Å². The Bertz CT molecular complexity index is 319. The molecule has 0 heterocycles. The molecule has 0 radical (unpaired) electrons. The fourth-order valence-electron chi connectivity index (χ4n) is 1.17. The maximum atomic E-state index is 12.9. The first-order valence-corrected chi connectivity index (χ1v) is 13.9. The van der Waals surface area contributed by atoms with Crippen molar-refractivity contribution in [3.63, 3.8) is 0 Å². The number of ether oxygens (including phenoxy) is 2. The normalized spacial score (nSPS) is 15.1. The molecule has 0 saturated carbocycles. The average Bonchev–Trinajstić information content (AvgIpc) is 2.16. The SMILES string of the molecule is C[Si](C)(C)COCC(C(=O)OC[Si](C)(C)C)C(F)(F)F. The molecular formula is C12H25F3O3Si2. The van der Waals surface area contributed by atoms with Gasteiger partial charge in [0.2, 0.25) is 0 Å². The van der Waals surface area contributed by atoms with Crippen molar-refractivity contribution in [2.75, 3.05) is 19.1 Å². The van der Waals surface area contributed by atoms with Crippen molar-refractivity contribution in [1.29, 1.82) is 0 Å². The monoisotopic (exact) mass is 330 g/mol. The van der Waals surface area contributed by atoms with Crippen LogP contribution in [0.1, 0.15) is 0 Å². The van der Waals surface area contributed by atoms with Gasteiger partial charge in [-0.3, -0.25) is 4.79 Å². The molecule has 0 aromatic carbocycles. The fraction of sp³-hybridized carbons (Fsp3) is 0.917. The number of halogens is 3. The predicted molar refractivity (Wildman–Crippen MR) is 78.0 cm³/mol. The molecule has 0 N–H and O–H groups in total. The van der Waals surface area contributed by atoms with Crippen molar-refractivity contribution >= 4 is 22.1 Å². The number of carbonyl (C=O) groups is 1. The summed E-state index contributed by atoms with van der Waals surface area (Å²) >= 11 is 0. The van der Waals surface area contributed by atoms with Gasteiger partial charge in [0.15, 0.2) is 5.92 Å². The summed E-state index contributed by atoms with van der Waals surface area (Å²) in [5.41, 5.74) is 0. The van der Waals surface area contributed by atoms with Crippen molar-refractivity contribution < 1.29 is 27.4 Å². The molecule has 120 valence electrons. The smallest absolute Gasteiger partial charge is 0.404 e. The maximum Gasteiger partial charge on any atom is 0.404 e. The van der Waals surface area contributed by atoms with E-state index >= 15 is 0 Å². The number of carbonyl (C=O) groups excluding carboxylic acids is 1. The van der Waals surface area contributed by atoms with Crippen LogP contribution in [-0.2, 0) is 14.3 Å². The van der Waals surface area contributed by atoms with Crippen LogP contribution in [0, 0.1) is 5.92 Å². The van der Waals surface area contributed by atoms with E-state index in [2.05, 4.69) is 0 Å². The first-order chi connectivity index (χ1) is 8.72. The van der Waals surface area contributed by atoms with Gasteiger partial charge in [0, 0.05) is 6.23 Å². The van der Waals surface area contributed by atoms with E-state index < -0.39 is 40.8 Å². The van der Waals surface area contributed by atoms with E-state index in [1.54, 1.807) is 0 Å². The first-order valence-electron chi connectivity index (χ1n) is 6.53. The molecule has 1 unspecified atom stereocenters. The largest absolute Gasteiger partial charge is 0.469 e. The van der Waals surface area contributed by atoms with Gasteiger partial charge in [-0.15, -0.1) is 0 Å². The molecule has 0 bridgehead atoms. The summed E-state index contributed by atoms with van der Waals surface area (Å²) in [5, 5.41) is 0. The van der Waals surface area contributed by atoms with Crippen LogP contribution in [0.3, 0.4) is 0 Å². The Morgan fingerprint density at radius 2 is 1.45 bits per heavy atom. The summed E-state index contributed by atoms with van der Waals surface area (Å²) in [7, 11) is -3.33. The van der Waals surface area contributed by atoms with Crippen LogP contribution in [0.4, 0.5) is 13.2 Å². The van der Waals surface area contributed by atoms with E-state index in [9.17, 15) is 18.0 Å². The number of alkyl halides is 3. The van der Waals surface area contributed by atoms with Crippen molar-refractivity contribution in [2.45, 2.75) is 45.5 Å². The van der Waals surface area contributed by atoms with Crippen molar-refractivity contribution in [2.24, 2.45) is 5.92 Å². The standard InChI is InChI=1S/C12H25F3O3Si2/c1-19(2,3)8-17-7-10(12(13,14)15)11(16)18-9-20(4,5)6/h10H,7-9H2,1-6H3. The van der Waals surface area contributed by atoms with Crippen LogP contribution in [0.2, 0.25) is 39.3 Å². The molecule has 20 heavy (non-hydrogen) atoms. The highest BCUT2D eigenvalue weighted by Gasteiger charge is 2.46. The Morgan fingerprint density at radius 1 is 1.00 bits per heavy atom. The second kappa shape index (κ2) is 7.08. The number of esters is 1. The summed E-state index contributed by atoms with van der Waals surface area (Å²) in [6, 6.07) is 0. The van der Waals surface area contributed by atoms with Crippen molar-refractivity contribution in [1.82, 2.24) is 0 Å². The van der Waals surface area contributed by atoms with E-state index in [-0.39, 0.29) is 6.23 Å². The summed E-state index contributed by atoms with van der Waals surface area (Å²) < 4.78 is 48.5. The van der Waals surface area contributed by atoms with Gasteiger partial charge in [-0.1, -0.05) is 39.3 Å². The van der Waals surface area contributed by atoms with Crippen LogP contribution in [0.5, 0.6) is 0 Å². The molecule has 1 atom stereocenters. The molecule has 3 nitrogen and oxygen atoms in total. The Hall–Kier alpha value is -0.346. The third kappa shape index (κ3) is 9.54. The van der Waals surface area contributed by atoms with Gasteiger partial charge in [0.05, 0.1) is 29.0 Å². The van der Waals surface area contributed by atoms with Gasteiger partial charge in [-0.05, 0) is 0 Å². The Morgan fingerprint density at radius 3 is 1.80 bits per heavy atom. The quantitative estimate of drug-likeness (QED) is 0.529. The van der Waals surface area contributed by atoms with Crippen LogP contribution in [-0.4, -0.2) is 47.4 Å². The molecule has 0 aliphatic heterocycles. The molecule has 0 aromatic rings. The van der Waals surface area contributed by atoms with Gasteiger partial charge in [-0.25, -0.2) is 0 Å². The lowest BCUT2D eigenvalue weighted by atomic mass is 10.1. The van der Waals surface area contributed by atoms with Gasteiger partial charge in [-0.2, -0.15) is 13.2 Å². The lowest BCUT2D eigenvalue weighted by Gasteiger charge is -2.23. The second-order valence-corrected chi connectivity index (χ2v) is 18.2. The highest BCUT2D eigenvalue weighted by Crippen LogP contribution is 2.28. The van der Waals surface area contributed by atoms with Crippen LogP contribution >= 0.6 is 0 Å². The summed E-state index contributed by atoms with van der Waals surface area (Å²) in [6.45, 7) is 11.1. The van der Waals surface area contributed by atoms with Crippen LogP contribution < -0.4 is 0 Å². The zero-order valence-corrected chi connectivity index (χ0v) is 15.1. The maximum absolute atomic E-state index is 12.9. The fourth-order valence-corrected chi connectivity index (χ4v) is 2.47. The summed E-state index contributed by atoms with van der Waals surface area (Å²) in [6.07, 6.45) is -4.25. The third-order valence-corrected chi connectivity index (χ3v) is 4.23. The van der Waals surface area contributed by atoms with Crippen molar-refractivity contribution in [3.8, 4) is 0 Å². The Labute approximate surface area is 120 Å². The molecule has 0 fully saturated rings. The van der Waals surface area contributed by atoms with Gasteiger partial charge >= 0.3 is 12.1 Å². The third-order valence-electron chi connectivity index (χ3n) is 2.15. The summed E-state index contributed by atoms with van der Waals surface area (Å²) in [5.74, 6) is -3.41. The zero-order chi connectivity index (χ0) is 16.2.